The van der Waals surface area contributed by atoms with Gasteiger partial charge in [-0.3, -0.25) is 14.5 Å². The number of ether oxygens (including phenoxy) is 1. The summed E-state index contributed by atoms with van der Waals surface area (Å²) in [6.45, 7) is 13.1. The van der Waals surface area contributed by atoms with E-state index in [0.717, 1.165) is 51.5 Å². The Morgan fingerprint density at radius 3 is 2.24 bits per heavy atom. The maximum Gasteiger partial charge on any atom is 0.333 e. The Morgan fingerprint density at radius 2 is 1.68 bits per heavy atom. The molecule has 0 aromatic heterocycles. The number of esters is 1. The molecule has 2 fully saturated rings. The Hall–Kier alpha value is -1.89. The summed E-state index contributed by atoms with van der Waals surface area (Å²) in [5.41, 5.74) is 0.497. The monoisotopic (exact) mass is 477 g/mol. The van der Waals surface area contributed by atoms with Crippen LogP contribution in [0.2, 0.25) is 0 Å². The standard InChI is InChI=1S/C27H47N3O4/c1-8-34-27(33)20(6)17-23(18(2)3)29(7)26(32)24(21-13-9-10-14-21)28-25(31)22-15-11-12-16-30(22)19(4)5/h17-19,21-24H,8-16H2,1-7H3,(H,28,31)/b20-17+/t22-,23-,24+/m1/s1. The van der Waals surface area contributed by atoms with Gasteiger partial charge in [-0.1, -0.05) is 39.2 Å². The van der Waals surface area contributed by atoms with E-state index in [0.29, 0.717) is 18.2 Å². The van der Waals surface area contributed by atoms with E-state index in [2.05, 4.69) is 24.1 Å². The molecule has 0 radical (unpaired) electrons. The van der Waals surface area contributed by atoms with Crippen LogP contribution in [0.4, 0.5) is 0 Å². The lowest BCUT2D eigenvalue weighted by Crippen LogP contribution is -2.59. The van der Waals surface area contributed by atoms with Crippen LogP contribution in [0.3, 0.4) is 0 Å². The van der Waals surface area contributed by atoms with Gasteiger partial charge in [0.15, 0.2) is 0 Å². The highest BCUT2D eigenvalue weighted by atomic mass is 16.5. The maximum atomic E-state index is 13.8. The predicted octanol–water partition coefficient (Wildman–Crippen LogP) is 3.92. The largest absolute Gasteiger partial charge is 0.463 e. The first-order valence-electron chi connectivity index (χ1n) is 13.3. The third kappa shape index (κ3) is 7.30. The Bertz CT molecular complexity index is 727. The highest BCUT2D eigenvalue weighted by Gasteiger charge is 2.39. The van der Waals surface area contributed by atoms with Crippen LogP contribution in [0, 0.1) is 11.8 Å². The zero-order valence-corrected chi connectivity index (χ0v) is 22.4. The average Bonchev–Trinajstić information content (AvgIpc) is 3.34. The second-order valence-electron chi connectivity index (χ2n) is 10.6. The highest BCUT2D eigenvalue weighted by Crippen LogP contribution is 2.30. The molecule has 194 valence electrons. The van der Waals surface area contributed by atoms with Gasteiger partial charge in [-0.25, -0.2) is 4.79 Å². The molecule has 1 aliphatic heterocycles. The molecule has 7 heteroatoms. The van der Waals surface area contributed by atoms with Crippen molar-refractivity contribution < 1.29 is 19.1 Å². The fourth-order valence-corrected chi connectivity index (χ4v) is 5.46. The van der Waals surface area contributed by atoms with Crippen molar-refractivity contribution in [2.24, 2.45) is 11.8 Å². The molecule has 7 nitrogen and oxygen atoms in total. The van der Waals surface area contributed by atoms with Crippen molar-refractivity contribution >= 4 is 17.8 Å². The quantitative estimate of drug-likeness (QED) is 0.381. The number of likely N-dealkylation sites (tertiary alicyclic amines) is 1. The number of nitrogens with one attached hydrogen (secondary N) is 1. The molecule has 0 aromatic carbocycles. The molecular weight excluding hydrogens is 430 g/mol. The van der Waals surface area contributed by atoms with Crippen molar-refractivity contribution in [2.45, 2.75) is 111 Å². The molecular formula is C27H47N3O4. The minimum atomic E-state index is -0.534. The molecule has 1 N–H and O–H groups in total. The molecule has 34 heavy (non-hydrogen) atoms. The van der Waals surface area contributed by atoms with Crippen LogP contribution < -0.4 is 5.32 Å². The zero-order valence-electron chi connectivity index (χ0n) is 22.4. The molecule has 1 heterocycles. The summed E-state index contributed by atoms with van der Waals surface area (Å²) in [4.78, 5) is 43.5. The summed E-state index contributed by atoms with van der Waals surface area (Å²) < 4.78 is 5.13. The third-order valence-electron chi connectivity index (χ3n) is 7.44. The van der Waals surface area contributed by atoms with Crippen LogP contribution in [0.5, 0.6) is 0 Å². The number of rotatable bonds is 10. The van der Waals surface area contributed by atoms with Crippen LogP contribution in [-0.2, 0) is 19.1 Å². The van der Waals surface area contributed by atoms with E-state index in [1.165, 1.54) is 0 Å². The minimum absolute atomic E-state index is 0.0219. The van der Waals surface area contributed by atoms with E-state index >= 15 is 0 Å². The summed E-state index contributed by atoms with van der Waals surface area (Å²) in [7, 11) is 1.79. The molecule has 0 spiro atoms. The number of hydrogen-bond donors (Lipinski definition) is 1. The zero-order chi connectivity index (χ0) is 25.4. The van der Waals surface area contributed by atoms with E-state index in [-0.39, 0.29) is 41.7 Å². The lowest BCUT2D eigenvalue weighted by atomic mass is 9.93. The molecule has 1 saturated carbocycles. The van der Waals surface area contributed by atoms with Crippen LogP contribution in [0.25, 0.3) is 0 Å². The van der Waals surface area contributed by atoms with Crippen molar-refractivity contribution in [2.75, 3.05) is 20.2 Å². The van der Waals surface area contributed by atoms with Gasteiger partial charge in [0, 0.05) is 18.7 Å². The van der Waals surface area contributed by atoms with Crippen molar-refractivity contribution in [3.63, 3.8) is 0 Å². The lowest BCUT2D eigenvalue weighted by Gasteiger charge is -2.39. The summed E-state index contributed by atoms with van der Waals surface area (Å²) in [6.07, 6.45) is 8.89. The number of nitrogens with zero attached hydrogens (tertiary/aromatic N) is 2. The second-order valence-corrected chi connectivity index (χ2v) is 10.6. The number of hydrogen-bond acceptors (Lipinski definition) is 5. The fraction of sp³-hybridized carbons (Fsp3) is 0.815. The molecule has 3 atom stereocenters. The molecule has 0 bridgehead atoms. The topological polar surface area (TPSA) is 79.0 Å². The Balaban J connectivity index is 2.25. The van der Waals surface area contributed by atoms with Gasteiger partial charge in [-0.15, -0.1) is 0 Å². The summed E-state index contributed by atoms with van der Waals surface area (Å²) in [6, 6.07) is -0.684. The fourth-order valence-electron chi connectivity index (χ4n) is 5.46. The number of carbonyl (C=O) groups excluding carboxylic acids is 3. The summed E-state index contributed by atoms with van der Waals surface area (Å²) in [5, 5.41) is 3.20. The summed E-state index contributed by atoms with van der Waals surface area (Å²) >= 11 is 0. The van der Waals surface area contributed by atoms with Gasteiger partial charge in [-0.05, 0) is 71.8 Å². The molecule has 2 rings (SSSR count). The van der Waals surface area contributed by atoms with Crippen molar-refractivity contribution in [3.8, 4) is 0 Å². The molecule has 2 amide bonds. The van der Waals surface area contributed by atoms with Gasteiger partial charge in [0.25, 0.3) is 0 Å². The van der Waals surface area contributed by atoms with Gasteiger partial charge < -0.3 is 15.0 Å². The van der Waals surface area contributed by atoms with E-state index in [9.17, 15) is 14.4 Å². The van der Waals surface area contributed by atoms with Gasteiger partial charge in [-0.2, -0.15) is 0 Å². The van der Waals surface area contributed by atoms with E-state index in [4.69, 9.17) is 4.74 Å². The first-order valence-corrected chi connectivity index (χ1v) is 13.3. The van der Waals surface area contributed by atoms with Crippen molar-refractivity contribution in [1.82, 2.24) is 15.1 Å². The molecule has 0 unspecified atom stereocenters. The van der Waals surface area contributed by atoms with Crippen LogP contribution in [0.1, 0.15) is 86.5 Å². The average molecular weight is 478 g/mol. The predicted molar refractivity (Wildman–Crippen MR) is 135 cm³/mol. The van der Waals surface area contributed by atoms with Crippen LogP contribution >= 0.6 is 0 Å². The maximum absolute atomic E-state index is 13.8. The van der Waals surface area contributed by atoms with Gasteiger partial charge in [0.2, 0.25) is 11.8 Å². The Labute approximate surface area is 206 Å². The van der Waals surface area contributed by atoms with Crippen LogP contribution in [0.15, 0.2) is 11.6 Å². The summed E-state index contributed by atoms with van der Waals surface area (Å²) in [5.74, 6) is -0.197. The lowest BCUT2D eigenvalue weighted by molar-refractivity contribution is -0.141. The first kappa shape index (κ1) is 28.3. The molecule has 0 aromatic rings. The Morgan fingerprint density at radius 1 is 1.06 bits per heavy atom. The van der Waals surface area contributed by atoms with Gasteiger partial charge in [0.1, 0.15) is 6.04 Å². The number of piperidine rings is 1. The second kappa shape index (κ2) is 13.3. The molecule has 1 aliphatic carbocycles. The molecule has 2 aliphatic rings. The van der Waals surface area contributed by atoms with Gasteiger partial charge in [0.05, 0.1) is 18.7 Å². The van der Waals surface area contributed by atoms with E-state index < -0.39 is 6.04 Å². The highest BCUT2D eigenvalue weighted by molar-refractivity contribution is 5.91. The number of amides is 2. The minimum Gasteiger partial charge on any atom is -0.463 e. The normalized spacial score (nSPS) is 22.0. The first-order chi connectivity index (χ1) is 16.1. The Kier molecular flexibility index (Phi) is 11.1. The van der Waals surface area contributed by atoms with E-state index in [1.807, 2.05) is 19.9 Å². The van der Waals surface area contributed by atoms with Crippen molar-refractivity contribution in [1.29, 1.82) is 0 Å². The van der Waals surface area contributed by atoms with Gasteiger partial charge >= 0.3 is 5.97 Å². The van der Waals surface area contributed by atoms with E-state index in [1.54, 1.807) is 25.8 Å². The van der Waals surface area contributed by atoms with Crippen LogP contribution in [-0.4, -0.2) is 72.0 Å². The number of carbonyl (C=O) groups is 3. The number of likely N-dealkylation sites (N-methyl/N-ethyl adjacent to an activating group) is 1. The SMILES string of the molecule is CCOC(=O)/C(C)=C/[C@H](C(C)C)N(C)C(=O)[C@@H](NC(=O)[C@H]1CCCCN1C(C)C)C1CCCC1. The third-order valence-corrected chi connectivity index (χ3v) is 7.44. The van der Waals surface area contributed by atoms with Crippen molar-refractivity contribution in [3.05, 3.63) is 11.6 Å². The smallest absolute Gasteiger partial charge is 0.333 e. The molecule has 1 saturated heterocycles.